The minimum absolute atomic E-state index is 0.110. The van der Waals surface area contributed by atoms with Crippen LogP contribution in [0.1, 0.15) is 40.8 Å². The Morgan fingerprint density at radius 1 is 1.23 bits per heavy atom. The highest BCUT2D eigenvalue weighted by molar-refractivity contribution is 6.74. The number of aromatic nitrogens is 3. The van der Waals surface area contributed by atoms with Crippen molar-refractivity contribution in [3.05, 3.63) is 17.4 Å². The average Bonchev–Trinajstić information content (AvgIpc) is 3.23. The molecule has 0 saturated carbocycles. The number of rotatable bonds is 4. The van der Waals surface area contributed by atoms with E-state index in [0.29, 0.717) is 22.8 Å². The first-order chi connectivity index (χ1) is 13.8. The van der Waals surface area contributed by atoms with Gasteiger partial charge >= 0.3 is 0 Å². The zero-order chi connectivity index (χ0) is 22.1. The van der Waals surface area contributed by atoms with Crippen LogP contribution in [0.3, 0.4) is 0 Å². The van der Waals surface area contributed by atoms with Crippen LogP contribution in [0.25, 0.3) is 11.0 Å². The van der Waals surface area contributed by atoms with Crippen molar-refractivity contribution in [3.8, 4) is 0 Å². The molecule has 0 spiro atoms. The van der Waals surface area contributed by atoms with E-state index in [0.717, 1.165) is 0 Å². The minimum atomic E-state index is -1.94. The van der Waals surface area contributed by atoms with Crippen molar-refractivity contribution in [2.75, 3.05) is 12.3 Å². The van der Waals surface area contributed by atoms with Crippen LogP contribution in [0.4, 0.5) is 5.95 Å². The molecule has 2 fully saturated rings. The summed E-state index contributed by atoms with van der Waals surface area (Å²) in [7, 11) is -1.94. The largest absolute Gasteiger partial charge is 0.414 e. The molecule has 30 heavy (non-hydrogen) atoms. The Bertz CT molecular complexity index is 958. The van der Waals surface area contributed by atoms with E-state index in [1.54, 1.807) is 0 Å². The van der Waals surface area contributed by atoms with Crippen molar-refractivity contribution in [1.82, 2.24) is 14.5 Å². The molecule has 2 aliphatic heterocycles. The molecule has 166 valence electrons. The lowest BCUT2D eigenvalue weighted by atomic mass is 10.1. The van der Waals surface area contributed by atoms with Crippen LogP contribution in [-0.4, -0.2) is 53.6 Å². The second-order valence-electron chi connectivity index (χ2n) is 10.0. The van der Waals surface area contributed by atoms with Gasteiger partial charge < -0.3 is 28.9 Å². The molecule has 2 aliphatic rings. The maximum Gasteiger partial charge on any atom is 0.223 e. The number of anilines is 1. The van der Waals surface area contributed by atoms with Gasteiger partial charge in [-0.3, -0.25) is 0 Å². The van der Waals surface area contributed by atoms with Crippen LogP contribution in [0, 0.1) is 0 Å². The molecular weight excluding hydrogens is 424 g/mol. The molecule has 2 N–H and O–H groups in total. The van der Waals surface area contributed by atoms with Gasteiger partial charge in [0.1, 0.15) is 29.1 Å². The van der Waals surface area contributed by atoms with Crippen LogP contribution >= 0.6 is 11.6 Å². The molecule has 4 rings (SSSR count). The molecule has 0 aliphatic carbocycles. The smallest absolute Gasteiger partial charge is 0.223 e. The normalized spacial score (nSPS) is 28.9. The third kappa shape index (κ3) is 3.76. The first-order valence-corrected chi connectivity index (χ1v) is 13.5. The number of halogens is 1. The van der Waals surface area contributed by atoms with E-state index in [1.807, 2.05) is 30.7 Å². The van der Waals surface area contributed by atoms with Gasteiger partial charge in [0.25, 0.3) is 0 Å². The van der Waals surface area contributed by atoms with Gasteiger partial charge in [0.15, 0.2) is 20.3 Å². The van der Waals surface area contributed by atoms with E-state index in [9.17, 15) is 0 Å². The summed E-state index contributed by atoms with van der Waals surface area (Å²) in [4.78, 5) is 8.41. The number of hydrogen-bond acceptors (Lipinski definition) is 7. The number of fused-ring (bicyclic) bond motifs is 2. The predicted octanol–water partition coefficient (Wildman–Crippen LogP) is 4.11. The summed E-state index contributed by atoms with van der Waals surface area (Å²) in [6, 6.07) is 1.86. The van der Waals surface area contributed by atoms with E-state index >= 15 is 0 Å². The highest BCUT2D eigenvalue weighted by atomic mass is 35.5. The van der Waals surface area contributed by atoms with Crippen molar-refractivity contribution in [3.63, 3.8) is 0 Å². The zero-order valence-corrected chi connectivity index (χ0v) is 20.4. The first kappa shape index (κ1) is 22.0. The molecule has 0 amide bonds. The monoisotopic (exact) mass is 454 g/mol. The van der Waals surface area contributed by atoms with Gasteiger partial charge in [-0.15, -0.1) is 0 Å². The standard InChI is InChI=1S/C20H31ClN4O4Si/c1-19(2,3)30(6,7)26-10-12-13-14(29-20(4,5)28-13)17(27-12)25-9-8-11-15(21)23-18(22)24-16(11)25/h8-9,12-14,17H,10H2,1-7H3,(H2,22,23,24)/t12-,13?,14?,17-/m1/s1. The Kier molecular flexibility index (Phi) is 5.23. The number of nitrogens with zero attached hydrogens (tertiary/aromatic N) is 3. The molecule has 2 saturated heterocycles. The summed E-state index contributed by atoms with van der Waals surface area (Å²) in [6.45, 7) is 15.4. The third-order valence-corrected chi connectivity index (χ3v) is 11.1. The maximum absolute atomic E-state index is 6.45. The van der Waals surface area contributed by atoms with Gasteiger partial charge in [0, 0.05) is 6.20 Å². The Morgan fingerprint density at radius 3 is 2.57 bits per heavy atom. The van der Waals surface area contributed by atoms with Gasteiger partial charge in [-0.25, -0.2) is 4.98 Å². The van der Waals surface area contributed by atoms with E-state index in [-0.39, 0.29) is 29.3 Å². The molecule has 0 radical (unpaired) electrons. The highest BCUT2D eigenvalue weighted by Crippen LogP contribution is 2.45. The lowest BCUT2D eigenvalue weighted by molar-refractivity contribution is -0.199. The topological polar surface area (TPSA) is 93.7 Å². The minimum Gasteiger partial charge on any atom is -0.414 e. The molecule has 0 aromatic carbocycles. The quantitative estimate of drug-likeness (QED) is 0.548. The lowest BCUT2D eigenvalue weighted by Gasteiger charge is -2.37. The fraction of sp³-hybridized carbons (Fsp3) is 0.700. The second-order valence-corrected chi connectivity index (χ2v) is 15.2. The van der Waals surface area contributed by atoms with Crippen LogP contribution in [0.5, 0.6) is 0 Å². The number of hydrogen-bond donors (Lipinski definition) is 1. The Morgan fingerprint density at radius 2 is 1.90 bits per heavy atom. The second kappa shape index (κ2) is 7.14. The van der Waals surface area contributed by atoms with E-state index < -0.39 is 20.3 Å². The summed E-state index contributed by atoms with van der Waals surface area (Å²) in [5.74, 6) is -0.593. The summed E-state index contributed by atoms with van der Waals surface area (Å²) in [5, 5.41) is 1.14. The predicted molar refractivity (Wildman–Crippen MR) is 118 cm³/mol. The molecule has 2 aromatic heterocycles. The van der Waals surface area contributed by atoms with Crippen molar-refractivity contribution < 1.29 is 18.6 Å². The maximum atomic E-state index is 6.45. The Labute approximate surface area is 183 Å². The fourth-order valence-electron chi connectivity index (χ4n) is 3.74. The van der Waals surface area contributed by atoms with Gasteiger partial charge in [-0.05, 0) is 38.0 Å². The molecule has 10 heteroatoms. The van der Waals surface area contributed by atoms with Gasteiger partial charge in [0.05, 0.1) is 12.0 Å². The molecule has 4 atom stereocenters. The van der Waals surface area contributed by atoms with Gasteiger partial charge in [-0.2, -0.15) is 4.98 Å². The zero-order valence-electron chi connectivity index (χ0n) is 18.6. The fourth-order valence-corrected chi connectivity index (χ4v) is 4.99. The first-order valence-electron chi connectivity index (χ1n) is 10.2. The molecule has 2 aromatic rings. The summed E-state index contributed by atoms with van der Waals surface area (Å²) in [5.41, 5.74) is 6.44. The summed E-state index contributed by atoms with van der Waals surface area (Å²) in [6.07, 6.45) is 0.620. The number of nitrogen functional groups attached to an aromatic ring is 1. The van der Waals surface area contributed by atoms with Crippen LogP contribution < -0.4 is 5.73 Å². The van der Waals surface area contributed by atoms with Crippen LogP contribution in [0.2, 0.25) is 23.3 Å². The van der Waals surface area contributed by atoms with E-state index in [1.165, 1.54) is 0 Å². The van der Waals surface area contributed by atoms with Crippen molar-refractivity contribution >= 4 is 36.9 Å². The van der Waals surface area contributed by atoms with Crippen LogP contribution in [0.15, 0.2) is 12.3 Å². The summed E-state index contributed by atoms with van der Waals surface area (Å²) >= 11 is 6.25. The summed E-state index contributed by atoms with van der Waals surface area (Å²) < 4.78 is 27.2. The molecule has 0 bridgehead atoms. The number of ether oxygens (including phenoxy) is 3. The molecule has 4 heterocycles. The molecule has 8 nitrogen and oxygen atoms in total. The third-order valence-electron chi connectivity index (χ3n) is 6.36. The highest BCUT2D eigenvalue weighted by Gasteiger charge is 2.56. The molecule has 2 unspecified atom stereocenters. The number of nitrogens with two attached hydrogens (primary N) is 1. The van der Waals surface area contributed by atoms with Gasteiger partial charge in [0.2, 0.25) is 5.95 Å². The van der Waals surface area contributed by atoms with Crippen LogP contribution in [-0.2, 0) is 18.6 Å². The molecular formula is C20H31ClN4O4Si. The Hall–Kier alpha value is -1.23. The Balaban J connectivity index is 1.64. The lowest BCUT2D eigenvalue weighted by Crippen LogP contribution is -2.44. The SMILES string of the molecule is CC1(C)OC2C(O1)[C@@H](CO[Si](C)(C)C(C)(C)C)O[C@H]2n1ccc2c(Cl)nc(N)nc21. The van der Waals surface area contributed by atoms with Crippen molar-refractivity contribution in [2.24, 2.45) is 0 Å². The van der Waals surface area contributed by atoms with E-state index in [2.05, 4.69) is 43.8 Å². The van der Waals surface area contributed by atoms with E-state index in [4.69, 9.17) is 36.0 Å². The van der Waals surface area contributed by atoms with Crippen molar-refractivity contribution in [2.45, 2.75) is 83.1 Å². The van der Waals surface area contributed by atoms with Gasteiger partial charge in [-0.1, -0.05) is 32.4 Å². The van der Waals surface area contributed by atoms with Crippen molar-refractivity contribution in [1.29, 1.82) is 0 Å². The average molecular weight is 455 g/mol.